The molecule has 0 saturated carbocycles. The third-order valence-electron chi connectivity index (χ3n) is 9.49. The van der Waals surface area contributed by atoms with E-state index in [9.17, 15) is 4.79 Å². The summed E-state index contributed by atoms with van der Waals surface area (Å²) in [5.41, 5.74) is 5.27. The number of carbonyl (C=O) groups is 1. The summed E-state index contributed by atoms with van der Waals surface area (Å²) in [7, 11) is 0. The fourth-order valence-electron chi connectivity index (χ4n) is 7.03. The summed E-state index contributed by atoms with van der Waals surface area (Å²) >= 11 is 1.39. The number of esters is 1. The monoisotopic (exact) mass is 742 g/mol. The van der Waals surface area contributed by atoms with Gasteiger partial charge in [-0.2, -0.15) is 0 Å². The van der Waals surface area contributed by atoms with Gasteiger partial charge in [0.05, 0.1) is 12.1 Å². The maximum absolute atomic E-state index is 13.4. The van der Waals surface area contributed by atoms with Crippen molar-refractivity contribution in [1.29, 1.82) is 0 Å². The Kier molecular flexibility index (Phi) is 11.9. The Labute approximate surface area is 326 Å². The van der Waals surface area contributed by atoms with Crippen LogP contribution < -0.4 is 10.6 Å². The first-order valence-electron chi connectivity index (χ1n) is 18.3. The van der Waals surface area contributed by atoms with Crippen LogP contribution in [-0.2, 0) is 25.4 Å². The van der Waals surface area contributed by atoms with Gasteiger partial charge in [0.2, 0.25) is 5.71 Å². The normalized spacial score (nSPS) is 11.8. The number of rotatable bonds is 16. The van der Waals surface area contributed by atoms with Crippen LogP contribution in [0.2, 0.25) is 0 Å². The lowest BCUT2D eigenvalue weighted by atomic mass is 9.77. The molecular formula is C47H42N4O3S. The smallest absolute Gasteiger partial charge is 0.362 e. The molecule has 1 aromatic heterocycles. The van der Waals surface area contributed by atoms with Crippen molar-refractivity contribution >= 4 is 28.1 Å². The summed E-state index contributed by atoms with van der Waals surface area (Å²) in [5, 5.41) is 14.3. The predicted molar refractivity (Wildman–Crippen MR) is 221 cm³/mol. The summed E-state index contributed by atoms with van der Waals surface area (Å²) in [6.45, 7) is 2.53. The van der Waals surface area contributed by atoms with E-state index in [-0.39, 0.29) is 18.9 Å². The molecule has 7 nitrogen and oxygen atoms in total. The second-order valence-corrected chi connectivity index (χ2v) is 13.6. The van der Waals surface area contributed by atoms with Crippen molar-refractivity contribution in [2.45, 2.75) is 18.0 Å². The Morgan fingerprint density at radius 3 is 1.36 bits per heavy atom. The van der Waals surface area contributed by atoms with Crippen LogP contribution in [0.3, 0.4) is 0 Å². The largest absolute Gasteiger partial charge is 0.461 e. The van der Waals surface area contributed by atoms with Crippen molar-refractivity contribution in [3.8, 4) is 0 Å². The van der Waals surface area contributed by atoms with Crippen LogP contribution in [0.5, 0.6) is 0 Å². The minimum Gasteiger partial charge on any atom is -0.461 e. The highest BCUT2D eigenvalue weighted by molar-refractivity contribution is 7.14. The predicted octanol–water partition coefficient (Wildman–Crippen LogP) is 9.41. The molecule has 7 aromatic rings. The zero-order valence-electron chi connectivity index (χ0n) is 30.5. The molecule has 8 heteroatoms. The van der Waals surface area contributed by atoms with Gasteiger partial charge in [0.1, 0.15) is 17.8 Å². The van der Waals surface area contributed by atoms with E-state index < -0.39 is 17.0 Å². The summed E-state index contributed by atoms with van der Waals surface area (Å²) in [6.07, 6.45) is 0. The molecule has 55 heavy (non-hydrogen) atoms. The van der Waals surface area contributed by atoms with E-state index >= 15 is 0 Å². The number of carbonyl (C=O) groups excluding carboxylic acids is 1. The van der Waals surface area contributed by atoms with E-state index in [0.717, 1.165) is 33.4 Å². The molecule has 0 radical (unpaired) electrons. The van der Waals surface area contributed by atoms with Crippen molar-refractivity contribution < 1.29 is 14.4 Å². The lowest BCUT2D eigenvalue weighted by Crippen LogP contribution is -2.46. The molecule has 0 aliphatic heterocycles. The first-order chi connectivity index (χ1) is 27.1. The van der Waals surface area contributed by atoms with Crippen molar-refractivity contribution in [3.63, 3.8) is 0 Å². The highest BCUT2D eigenvalue weighted by atomic mass is 32.1. The molecule has 0 unspecified atom stereocenters. The van der Waals surface area contributed by atoms with Crippen LogP contribution >= 0.6 is 11.3 Å². The third kappa shape index (κ3) is 7.97. The van der Waals surface area contributed by atoms with Crippen LogP contribution in [0.15, 0.2) is 193 Å². The standard InChI is InChI=1S/C47H42N4O3S/c1-2-53-44(52)43(51-54-34-33-48-46(36-21-9-3-10-22-36,37-23-11-4-12-24-37)38-25-13-5-14-26-38)42-35-55-45(49-42)50-47(39-27-15-6-16-28-39,40-29-17-7-18-30-40)41-31-19-8-20-32-41/h3-32,35,48H,2,33-34H2,1H3,(H,49,50). The van der Waals surface area contributed by atoms with E-state index in [1.807, 2.05) is 109 Å². The summed E-state index contributed by atoms with van der Waals surface area (Å²) in [4.78, 5) is 24.2. The Hall–Kier alpha value is -6.35. The maximum atomic E-state index is 13.4. The molecular weight excluding hydrogens is 701 g/mol. The quantitative estimate of drug-likeness (QED) is 0.0338. The van der Waals surface area contributed by atoms with Gasteiger partial charge < -0.3 is 14.9 Å². The van der Waals surface area contributed by atoms with Gasteiger partial charge >= 0.3 is 5.97 Å². The molecule has 0 spiro atoms. The number of anilines is 1. The highest BCUT2D eigenvalue weighted by Gasteiger charge is 2.38. The highest BCUT2D eigenvalue weighted by Crippen LogP contribution is 2.41. The van der Waals surface area contributed by atoms with Crippen LogP contribution in [0, 0.1) is 0 Å². The topological polar surface area (TPSA) is 84.8 Å². The fraction of sp³-hybridized carbons (Fsp3) is 0.128. The molecule has 2 N–H and O–H groups in total. The number of oxime groups is 1. The molecule has 274 valence electrons. The van der Waals surface area contributed by atoms with Crippen molar-refractivity contribution in [2.24, 2.45) is 5.16 Å². The number of hydrogen-bond donors (Lipinski definition) is 2. The average molecular weight is 743 g/mol. The molecule has 6 aromatic carbocycles. The molecule has 0 atom stereocenters. The van der Waals surface area contributed by atoms with Crippen molar-refractivity contribution in [1.82, 2.24) is 10.3 Å². The molecule has 0 aliphatic carbocycles. The zero-order valence-corrected chi connectivity index (χ0v) is 31.4. The Balaban J connectivity index is 1.18. The van der Waals surface area contributed by atoms with Gasteiger partial charge in [-0.05, 0) is 40.3 Å². The molecule has 0 saturated heterocycles. The second-order valence-electron chi connectivity index (χ2n) is 12.8. The molecule has 7 rings (SSSR count). The van der Waals surface area contributed by atoms with E-state index in [4.69, 9.17) is 14.6 Å². The summed E-state index contributed by atoms with van der Waals surface area (Å²) in [5.74, 6) is -0.611. The average Bonchev–Trinajstić information content (AvgIpc) is 3.72. The van der Waals surface area contributed by atoms with Gasteiger partial charge in [-0.25, -0.2) is 9.78 Å². The lowest BCUT2D eigenvalue weighted by molar-refractivity contribution is -0.135. The number of ether oxygens (including phenoxy) is 1. The molecule has 0 aliphatic rings. The minimum atomic E-state index is -0.787. The number of nitrogens with zero attached hydrogens (tertiary/aromatic N) is 2. The number of hydrogen-bond acceptors (Lipinski definition) is 8. The summed E-state index contributed by atoms with van der Waals surface area (Å²) in [6, 6.07) is 62.0. The van der Waals surface area contributed by atoms with E-state index in [0.29, 0.717) is 17.4 Å². The number of thiazole rings is 1. The van der Waals surface area contributed by atoms with E-state index in [1.165, 1.54) is 11.3 Å². The van der Waals surface area contributed by atoms with Gasteiger partial charge in [0, 0.05) is 11.9 Å². The minimum absolute atomic E-state index is 0.00340. The van der Waals surface area contributed by atoms with Crippen LogP contribution in [0.4, 0.5) is 5.13 Å². The van der Waals surface area contributed by atoms with Crippen molar-refractivity contribution in [3.05, 3.63) is 226 Å². The third-order valence-corrected chi connectivity index (χ3v) is 10.2. The first kappa shape index (κ1) is 37.0. The van der Waals surface area contributed by atoms with E-state index in [2.05, 4.69) is 88.6 Å². The van der Waals surface area contributed by atoms with Crippen LogP contribution in [0.25, 0.3) is 0 Å². The lowest BCUT2D eigenvalue weighted by Gasteiger charge is -2.37. The Morgan fingerprint density at radius 1 is 0.600 bits per heavy atom. The Morgan fingerprint density at radius 2 is 0.982 bits per heavy atom. The van der Waals surface area contributed by atoms with Gasteiger partial charge in [-0.15, -0.1) is 11.3 Å². The Bertz CT molecular complexity index is 2080. The van der Waals surface area contributed by atoms with Gasteiger partial charge in [0.25, 0.3) is 0 Å². The summed E-state index contributed by atoms with van der Waals surface area (Å²) < 4.78 is 5.44. The van der Waals surface area contributed by atoms with Gasteiger partial charge in [-0.3, -0.25) is 5.32 Å². The number of benzene rings is 6. The SMILES string of the molecule is CCOC(=O)C(=NOCCNC(c1ccccc1)(c1ccccc1)c1ccccc1)c1csc(NC(c2ccccc2)(c2ccccc2)c2ccccc2)n1. The van der Waals surface area contributed by atoms with Crippen LogP contribution in [0.1, 0.15) is 46.0 Å². The molecule has 0 amide bonds. The fourth-order valence-corrected chi connectivity index (χ4v) is 7.79. The molecule has 1 heterocycles. The first-order valence-corrected chi connectivity index (χ1v) is 19.2. The van der Waals surface area contributed by atoms with Gasteiger partial charge in [0.15, 0.2) is 5.13 Å². The van der Waals surface area contributed by atoms with E-state index in [1.54, 1.807) is 12.3 Å². The van der Waals surface area contributed by atoms with Crippen molar-refractivity contribution in [2.75, 3.05) is 25.1 Å². The zero-order chi connectivity index (χ0) is 37.8. The second kappa shape index (κ2) is 17.6. The molecule has 0 fully saturated rings. The van der Waals surface area contributed by atoms with Crippen LogP contribution in [-0.4, -0.2) is 36.4 Å². The number of aromatic nitrogens is 1. The van der Waals surface area contributed by atoms with Gasteiger partial charge in [-0.1, -0.05) is 187 Å². The number of nitrogens with one attached hydrogen (secondary N) is 2. The maximum Gasteiger partial charge on any atom is 0.362 e. The molecule has 0 bridgehead atoms.